The van der Waals surface area contributed by atoms with Crippen LogP contribution in [0.2, 0.25) is 0 Å². The van der Waals surface area contributed by atoms with Crippen LogP contribution in [0.1, 0.15) is 23.1 Å². The minimum absolute atomic E-state index is 0.702. The molecule has 0 bridgehead atoms. The molecule has 84 valence electrons. The lowest BCUT2D eigenvalue weighted by Crippen LogP contribution is -2.23. The second-order valence-corrected chi connectivity index (χ2v) is 5.53. The molecule has 1 aromatic heterocycles. The summed E-state index contributed by atoms with van der Waals surface area (Å²) in [6.45, 7) is 3.77. The molecule has 2 nitrogen and oxygen atoms in total. The molecule has 2 aromatic rings. The lowest BCUT2D eigenvalue weighted by atomic mass is 9.93. The van der Waals surface area contributed by atoms with E-state index in [2.05, 4.69) is 20.9 Å². The van der Waals surface area contributed by atoms with Gasteiger partial charge in [0.25, 0.3) is 0 Å². The molecule has 1 atom stereocenters. The molecule has 1 heterocycles. The molecule has 16 heavy (non-hydrogen) atoms. The number of aromatic nitrogens is 1. The van der Waals surface area contributed by atoms with E-state index in [1.807, 2.05) is 36.6 Å². The van der Waals surface area contributed by atoms with Crippen LogP contribution in [-0.4, -0.2) is 10.1 Å². The second kappa shape index (κ2) is 4.28. The standard InChI is InChI=1S/C12H12BrNOS/c1-8-5-3-4-6-9(8)12(2,15)11-14-10(13)7-16-11/h3-7,15H,1-2H3. The number of thiazole rings is 1. The Kier molecular flexibility index (Phi) is 3.15. The smallest absolute Gasteiger partial charge is 0.138 e. The molecule has 1 unspecified atom stereocenters. The maximum atomic E-state index is 10.6. The van der Waals surface area contributed by atoms with Gasteiger partial charge < -0.3 is 5.11 Å². The Morgan fingerprint density at radius 3 is 2.62 bits per heavy atom. The van der Waals surface area contributed by atoms with Crippen LogP contribution in [0, 0.1) is 6.92 Å². The number of benzene rings is 1. The zero-order chi connectivity index (χ0) is 11.8. The number of aliphatic hydroxyl groups is 1. The van der Waals surface area contributed by atoms with Crippen molar-refractivity contribution in [3.63, 3.8) is 0 Å². The fraction of sp³-hybridized carbons (Fsp3) is 0.250. The van der Waals surface area contributed by atoms with E-state index in [0.717, 1.165) is 15.7 Å². The van der Waals surface area contributed by atoms with E-state index < -0.39 is 5.60 Å². The molecular weight excluding hydrogens is 286 g/mol. The Balaban J connectivity index is 2.50. The largest absolute Gasteiger partial charge is 0.378 e. The SMILES string of the molecule is Cc1ccccc1C(C)(O)c1nc(Br)cs1. The summed E-state index contributed by atoms with van der Waals surface area (Å²) in [6.07, 6.45) is 0. The highest BCUT2D eigenvalue weighted by Crippen LogP contribution is 2.33. The van der Waals surface area contributed by atoms with Crippen LogP contribution in [0.3, 0.4) is 0 Å². The van der Waals surface area contributed by atoms with Crippen LogP contribution in [-0.2, 0) is 5.60 Å². The third kappa shape index (κ3) is 2.05. The van der Waals surface area contributed by atoms with E-state index in [-0.39, 0.29) is 0 Å². The minimum Gasteiger partial charge on any atom is -0.378 e. The molecule has 1 N–H and O–H groups in total. The zero-order valence-electron chi connectivity index (χ0n) is 9.07. The number of hydrogen-bond donors (Lipinski definition) is 1. The Hall–Kier alpha value is -0.710. The van der Waals surface area contributed by atoms with Crippen LogP contribution in [0.4, 0.5) is 0 Å². The molecule has 0 fully saturated rings. The van der Waals surface area contributed by atoms with Gasteiger partial charge >= 0.3 is 0 Å². The fourth-order valence-corrected chi connectivity index (χ4v) is 3.04. The number of rotatable bonds is 2. The van der Waals surface area contributed by atoms with Gasteiger partial charge in [-0.25, -0.2) is 4.98 Å². The van der Waals surface area contributed by atoms with Crippen LogP contribution in [0.25, 0.3) is 0 Å². The minimum atomic E-state index is -1.03. The Morgan fingerprint density at radius 2 is 2.06 bits per heavy atom. The van der Waals surface area contributed by atoms with Crippen molar-refractivity contribution in [2.75, 3.05) is 0 Å². The first-order valence-electron chi connectivity index (χ1n) is 4.92. The second-order valence-electron chi connectivity index (χ2n) is 3.86. The van der Waals surface area contributed by atoms with E-state index in [1.54, 1.807) is 6.92 Å². The van der Waals surface area contributed by atoms with Gasteiger partial charge in [-0.1, -0.05) is 24.3 Å². The van der Waals surface area contributed by atoms with Crippen molar-refractivity contribution in [2.45, 2.75) is 19.4 Å². The van der Waals surface area contributed by atoms with Crippen molar-refractivity contribution < 1.29 is 5.11 Å². The van der Waals surface area contributed by atoms with Crippen LogP contribution in [0.15, 0.2) is 34.2 Å². The van der Waals surface area contributed by atoms with E-state index in [9.17, 15) is 5.11 Å². The lowest BCUT2D eigenvalue weighted by Gasteiger charge is -2.23. The molecule has 0 amide bonds. The summed E-state index contributed by atoms with van der Waals surface area (Å²) in [5.74, 6) is 0. The summed E-state index contributed by atoms with van der Waals surface area (Å²) in [6, 6.07) is 7.82. The Labute approximate surface area is 107 Å². The molecule has 0 saturated heterocycles. The Bertz CT molecular complexity index is 507. The molecule has 0 spiro atoms. The number of halogens is 1. The van der Waals surface area contributed by atoms with E-state index in [1.165, 1.54) is 11.3 Å². The normalized spacial score (nSPS) is 14.8. The predicted molar refractivity (Wildman–Crippen MR) is 69.7 cm³/mol. The zero-order valence-corrected chi connectivity index (χ0v) is 11.5. The van der Waals surface area contributed by atoms with Crippen LogP contribution < -0.4 is 0 Å². The van der Waals surface area contributed by atoms with E-state index in [4.69, 9.17) is 0 Å². The van der Waals surface area contributed by atoms with Crippen molar-refractivity contribution in [3.8, 4) is 0 Å². The molecule has 2 rings (SSSR count). The fourth-order valence-electron chi connectivity index (χ4n) is 1.71. The van der Waals surface area contributed by atoms with Gasteiger partial charge in [0, 0.05) is 5.38 Å². The number of hydrogen-bond acceptors (Lipinski definition) is 3. The summed E-state index contributed by atoms with van der Waals surface area (Å²) >= 11 is 4.76. The predicted octanol–water partition coefficient (Wildman–Crippen LogP) is 3.47. The van der Waals surface area contributed by atoms with Crippen LogP contribution in [0.5, 0.6) is 0 Å². The molecule has 0 saturated carbocycles. The van der Waals surface area contributed by atoms with Gasteiger partial charge in [-0.2, -0.15) is 0 Å². The monoisotopic (exact) mass is 297 g/mol. The summed E-state index contributed by atoms with van der Waals surface area (Å²) in [4.78, 5) is 4.29. The molecule has 0 aliphatic carbocycles. The highest BCUT2D eigenvalue weighted by atomic mass is 79.9. The lowest BCUT2D eigenvalue weighted by molar-refractivity contribution is 0.101. The van der Waals surface area contributed by atoms with Gasteiger partial charge in [0.2, 0.25) is 0 Å². The maximum absolute atomic E-state index is 10.6. The van der Waals surface area contributed by atoms with Gasteiger partial charge in [0.15, 0.2) is 0 Å². The molecule has 4 heteroatoms. The first-order valence-corrected chi connectivity index (χ1v) is 6.59. The summed E-state index contributed by atoms with van der Waals surface area (Å²) < 4.78 is 0.765. The molecule has 0 radical (unpaired) electrons. The summed E-state index contributed by atoms with van der Waals surface area (Å²) in [5, 5.41) is 13.2. The number of nitrogens with zero attached hydrogens (tertiary/aromatic N) is 1. The Morgan fingerprint density at radius 1 is 1.38 bits per heavy atom. The summed E-state index contributed by atoms with van der Waals surface area (Å²) in [5.41, 5.74) is 0.942. The topological polar surface area (TPSA) is 33.1 Å². The first-order chi connectivity index (χ1) is 7.51. The number of aryl methyl sites for hydroxylation is 1. The van der Waals surface area contributed by atoms with Gasteiger partial charge in [-0.05, 0) is 40.9 Å². The molecule has 0 aliphatic heterocycles. The van der Waals surface area contributed by atoms with Crippen molar-refractivity contribution >= 4 is 27.3 Å². The van der Waals surface area contributed by atoms with Gasteiger partial charge in [0.05, 0.1) is 0 Å². The quantitative estimate of drug-likeness (QED) is 0.921. The maximum Gasteiger partial charge on any atom is 0.138 e. The molecular formula is C12H12BrNOS. The third-order valence-corrected chi connectivity index (χ3v) is 4.32. The third-order valence-electron chi connectivity index (χ3n) is 2.56. The molecule has 1 aromatic carbocycles. The van der Waals surface area contributed by atoms with E-state index in [0.29, 0.717) is 5.01 Å². The van der Waals surface area contributed by atoms with E-state index >= 15 is 0 Å². The van der Waals surface area contributed by atoms with Gasteiger partial charge in [0.1, 0.15) is 15.2 Å². The average molecular weight is 298 g/mol. The van der Waals surface area contributed by atoms with Crippen molar-refractivity contribution in [1.29, 1.82) is 0 Å². The van der Waals surface area contributed by atoms with Gasteiger partial charge in [-0.15, -0.1) is 11.3 Å². The van der Waals surface area contributed by atoms with Gasteiger partial charge in [-0.3, -0.25) is 0 Å². The molecule has 0 aliphatic rings. The highest BCUT2D eigenvalue weighted by Gasteiger charge is 2.30. The van der Waals surface area contributed by atoms with Crippen molar-refractivity contribution in [3.05, 3.63) is 50.4 Å². The average Bonchev–Trinajstić information content (AvgIpc) is 2.66. The van der Waals surface area contributed by atoms with Crippen molar-refractivity contribution in [1.82, 2.24) is 4.98 Å². The first kappa shape index (κ1) is 11.8. The van der Waals surface area contributed by atoms with Crippen LogP contribution >= 0.6 is 27.3 Å². The summed E-state index contributed by atoms with van der Waals surface area (Å²) in [7, 11) is 0. The highest BCUT2D eigenvalue weighted by molar-refractivity contribution is 9.10. The van der Waals surface area contributed by atoms with Crippen molar-refractivity contribution in [2.24, 2.45) is 0 Å².